The highest BCUT2D eigenvalue weighted by Crippen LogP contribution is 2.29. The summed E-state index contributed by atoms with van der Waals surface area (Å²) in [6, 6.07) is 16.5. The number of likely N-dealkylation sites (tertiary alicyclic amines) is 1. The van der Waals surface area contributed by atoms with Crippen LogP contribution in [0.25, 0.3) is 11.5 Å². The quantitative estimate of drug-likeness (QED) is 0.672. The van der Waals surface area contributed by atoms with Crippen LogP contribution in [0.3, 0.4) is 0 Å². The maximum atomic E-state index is 10.5. The van der Waals surface area contributed by atoms with Gasteiger partial charge < -0.3 is 9.63 Å². The molecule has 3 heterocycles. The molecule has 5 rings (SSSR count). The van der Waals surface area contributed by atoms with Crippen LogP contribution in [0, 0.1) is 11.3 Å². The second-order valence-electron chi connectivity index (χ2n) is 7.54. The van der Waals surface area contributed by atoms with E-state index in [1.165, 1.54) is 0 Å². The van der Waals surface area contributed by atoms with E-state index in [4.69, 9.17) is 26.5 Å². The topological polar surface area (TPSA) is 102 Å². The summed E-state index contributed by atoms with van der Waals surface area (Å²) in [7, 11) is 0. The Kier molecular flexibility index (Phi) is 5.16. The molecule has 1 N–H and O–H groups in total. The summed E-state index contributed by atoms with van der Waals surface area (Å²) >= 11 is 6.06. The van der Waals surface area contributed by atoms with Gasteiger partial charge in [0.1, 0.15) is 6.23 Å². The summed E-state index contributed by atoms with van der Waals surface area (Å²) in [4.78, 5) is 6.55. The van der Waals surface area contributed by atoms with E-state index in [1.807, 2.05) is 30.3 Å². The molecule has 2 aromatic carbocycles. The van der Waals surface area contributed by atoms with Gasteiger partial charge in [-0.05, 0) is 53.9 Å². The molecule has 0 radical (unpaired) electrons. The Morgan fingerprint density at radius 3 is 2.74 bits per heavy atom. The van der Waals surface area contributed by atoms with E-state index < -0.39 is 6.23 Å². The Hall–Kier alpha value is -3.25. The van der Waals surface area contributed by atoms with E-state index in [2.05, 4.69) is 21.1 Å². The molecule has 9 heteroatoms. The first-order valence-corrected chi connectivity index (χ1v) is 10.4. The Morgan fingerprint density at radius 2 is 2.00 bits per heavy atom. The van der Waals surface area contributed by atoms with Gasteiger partial charge in [0.05, 0.1) is 29.9 Å². The number of aliphatic hydroxyl groups is 1. The lowest BCUT2D eigenvalue weighted by Gasteiger charge is -2.28. The fourth-order valence-corrected chi connectivity index (χ4v) is 4.17. The van der Waals surface area contributed by atoms with E-state index in [0.717, 1.165) is 30.7 Å². The third kappa shape index (κ3) is 3.79. The summed E-state index contributed by atoms with van der Waals surface area (Å²) in [5.74, 6) is 0.653. The van der Waals surface area contributed by atoms with Crippen molar-refractivity contribution in [3.8, 4) is 17.5 Å². The number of aliphatic hydroxyl groups excluding tert-OH is 1. The average molecular weight is 435 g/mol. The molecule has 0 bridgehead atoms. The largest absolute Gasteiger partial charge is 0.378 e. The zero-order valence-electron chi connectivity index (χ0n) is 16.5. The fourth-order valence-electron chi connectivity index (χ4n) is 4.04. The summed E-state index contributed by atoms with van der Waals surface area (Å²) in [6.07, 6.45) is 1.18. The number of aromatic nitrogens is 2. The molecular weight excluding hydrogens is 416 g/mol. The number of nitrogens with zero attached hydrogens (tertiary/aromatic N) is 6. The Balaban J connectivity index is 1.47. The number of hydrazone groups is 1. The van der Waals surface area contributed by atoms with Crippen LogP contribution in [0.1, 0.15) is 24.0 Å². The van der Waals surface area contributed by atoms with Crippen molar-refractivity contribution in [2.75, 3.05) is 18.1 Å². The second kappa shape index (κ2) is 8.12. The van der Waals surface area contributed by atoms with Crippen molar-refractivity contribution in [3.63, 3.8) is 0 Å². The van der Waals surface area contributed by atoms with Crippen LogP contribution in [0.5, 0.6) is 0 Å². The lowest BCUT2D eigenvalue weighted by molar-refractivity contribution is 0.0286. The van der Waals surface area contributed by atoms with Crippen molar-refractivity contribution in [1.29, 1.82) is 5.26 Å². The molecule has 3 aromatic rings. The van der Waals surface area contributed by atoms with Gasteiger partial charge >= 0.3 is 0 Å². The molecule has 0 aliphatic carbocycles. The van der Waals surface area contributed by atoms with Gasteiger partial charge in [-0.15, -0.1) is 0 Å². The highest BCUT2D eigenvalue weighted by molar-refractivity contribution is 6.30. The first kappa shape index (κ1) is 19.7. The molecular formula is C22H19ClN6O2. The molecule has 0 spiro atoms. The van der Waals surface area contributed by atoms with Gasteiger partial charge in [-0.3, -0.25) is 4.90 Å². The number of hydrogen-bond donors (Lipinski definition) is 1. The van der Waals surface area contributed by atoms with Crippen molar-refractivity contribution < 1.29 is 9.63 Å². The predicted octanol–water partition coefficient (Wildman–Crippen LogP) is 3.27. The first-order valence-electron chi connectivity index (χ1n) is 10.0. The lowest BCUT2D eigenvalue weighted by atomic mass is 10.0. The van der Waals surface area contributed by atoms with Crippen LogP contribution in [-0.2, 0) is 0 Å². The van der Waals surface area contributed by atoms with E-state index >= 15 is 0 Å². The summed E-state index contributed by atoms with van der Waals surface area (Å²) < 4.78 is 5.44. The predicted molar refractivity (Wildman–Crippen MR) is 116 cm³/mol. The summed E-state index contributed by atoms with van der Waals surface area (Å²) in [6.45, 7) is 1.29. The Morgan fingerprint density at radius 1 is 1.16 bits per heavy atom. The molecule has 2 atom stereocenters. The van der Waals surface area contributed by atoms with Crippen molar-refractivity contribution >= 4 is 23.3 Å². The molecule has 0 saturated carbocycles. The average Bonchev–Trinajstić information content (AvgIpc) is 3.53. The van der Waals surface area contributed by atoms with Crippen LogP contribution < -0.4 is 5.01 Å². The van der Waals surface area contributed by atoms with Gasteiger partial charge in [0.2, 0.25) is 0 Å². The number of halogens is 1. The van der Waals surface area contributed by atoms with Gasteiger partial charge in [0.25, 0.3) is 11.8 Å². The van der Waals surface area contributed by atoms with Crippen LogP contribution >= 0.6 is 11.6 Å². The van der Waals surface area contributed by atoms with Crippen molar-refractivity contribution in [1.82, 2.24) is 15.0 Å². The van der Waals surface area contributed by atoms with Gasteiger partial charge in [0, 0.05) is 17.1 Å². The Labute approximate surface area is 184 Å². The molecule has 1 fully saturated rings. The molecule has 1 aromatic heterocycles. The van der Waals surface area contributed by atoms with Crippen LogP contribution in [0.4, 0.5) is 5.95 Å². The van der Waals surface area contributed by atoms with Crippen LogP contribution in [0.15, 0.2) is 58.2 Å². The number of nitriles is 1. The van der Waals surface area contributed by atoms with E-state index in [9.17, 15) is 5.11 Å². The summed E-state index contributed by atoms with van der Waals surface area (Å²) in [5.41, 5.74) is 2.95. The monoisotopic (exact) mass is 434 g/mol. The molecule has 2 aliphatic heterocycles. The maximum absolute atomic E-state index is 10.5. The van der Waals surface area contributed by atoms with Gasteiger partial charge in [0.15, 0.2) is 0 Å². The van der Waals surface area contributed by atoms with Crippen molar-refractivity contribution in [2.24, 2.45) is 5.10 Å². The highest BCUT2D eigenvalue weighted by Gasteiger charge is 2.39. The summed E-state index contributed by atoms with van der Waals surface area (Å²) in [5, 5.41) is 30.8. The van der Waals surface area contributed by atoms with Gasteiger partial charge in [-0.25, -0.2) is 5.01 Å². The highest BCUT2D eigenvalue weighted by atomic mass is 35.5. The molecule has 31 heavy (non-hydrogen) atoms. The fraction of sp³-hybridized carbons (Fsp3) is 0.273. The molecule has 1 saturated heterocycles. The molecule has 2 unspecified atom stereocenters. The molecule has 8 nitrogen and oxygen atoms in total. The van der Waals surface area contributed by atoms with Crippen LogP contribution in [-0.4, -0.2) is 51.2 Å². The minimum absolute atomic E-state index is 0.109. The Bertz CT molecular complexity index is 1170. The van der Waals surface area contributed by atoms with E-state index in [1.54, 1.807) is 23.2 Å². The van der Waals surface area contributed by atoms with E-state index in [-0.39, 0.29) is 6.04 Å². The van der Waals surface area contributed by atoms with Gasteiger partial charge in [-0.2, -0.15) is 15.3 Å². The molecule has 0 amide bonds. The van der Waals surface area contributed by atoms with Crippen molar-refractivity contribution in [3.05, 3.63) is 64.7 Å². The number of anilines is 1. The standard InChI is InChI=1S/C22H19ClN6O2/c23-17-8-6-15(7-9-17)20-18(28-10-2-5-19(28)30)13-29(26-20)22-25-21(31-27-22)16-4-1-3-14(11-16)12-24/h1,3-4,6-9,11,18-19,30H,2,5,10,13H2. The van der Waals surface area contributed by atoms with Gasteiger partial charge in [-0.1, -0.05) is 29.8 Å². The third-order valence-electron chi connectivity index (χ3n) is 5.58. The lowest BCUT2D eigenvalue weighted by Crippen LogP contribution is -2.46. The minimum Gasteiger partial charge on any atom is -0.378 e. The van der Waals surface area contributed by atoms with E-state index in [0.29, 0.717) is 34.5 Å². The number of benzene rings is 2. The zero-order valence-corrected chi connectivity index (χ0v) is 17.3. The molecule has 156 valence electrons. The third-order valence-corrected chi connectivity index (χ3v) is 5.83. The smallest absolute Gasteiger partial charge is 0.286 e. The normalized spacial score (nSPS) is 21.3. The molecule has 2 aliphatic rings. The van der Waals surface area contributed by atoms with Crippen molar-refractivity contribution in [2.45, 2.75) is 25.1 Å². The SMILES string of the molecule is N#Cc1cccc(-c2nc(N3CC(N4CCCC4O)C(c4ccc(Cl)cc4)=N3)no2)c1. The number of hydrogen-bond acceptors (Lipinski definition) is 8. The van der Waals surface area contributed by atoms with Crippen LogP contribution in [0.2, 0.25) is 5.02 Å². The number of rotatable bonds is 4. The zero-order chi connectivity index (χ0) is 21.4. The minimum atomic E-state index is -0.503. The first-order chi connectivity index (χ1) is 15.1. The second-order valence-corrected chi connectivity index (χ2v) is 7.98. The maximum Gasteiger partial charge on any atom is 0.286 e.